The Labute approximate surface area is 84.3 Å². The third-order valence-corrected chi connectivity index (χ3v) is 2.60. The quantitative estimate of drug-likeness (QED) is 0.783. The normalized spacial score (nSPS) is 13.9. The van der Waals surface area contributed by atoms with Gasteiger partial charge < -0.3 is 0 Å². The Kier molecular flexibility index (Phi) is 3.25. The molecule has 0 unspecified atom stereocenters. The van der Waals surface area contributed by atoms with Gasteiger partial charge in [0.25, 0.3) is 10.2 Å². The van der Waals surface area contributed by atoms with E-state index in [9.17, 15) is 8.42 Å². The van der Waals surface area contributed by atoms with Gasteiger partial charge in [0.15, 0.2) is 0 Å². The van der Waals surface area contributed by atoms with Crippen LogP contribution in [0.15, 0.2) is 24.3 Å². The van der Waals surface area contributed by atoms with Gasteiger partial charge in [0.2, 0.25) is 0 Å². The van der Waals surface area contributed by atoms with E-state index in [4.69, 9.17) is 5.14 Å². The Balaban J connectivity index is 2.80. The Morgan fingerprint density at radius 3 is 2.21 bits per heavy atom. The van der Waals surface area contributed by atoms with E-state index >= 15 is 0 Å². The van der Waals surface area contributed by atoms with E-state index in [0.29, 0.717) is 0 Å². The Bertz CT molecular complexity index is 397. The average Bonchev–Trinajstić information content (AvgIpc) is 2.02. The molecular formula is C9H14N2O2S. The number of nitrogens with one attached hydrogen (secondary N) is 1. The molecule has 0 saturated heterocycles. The van der Waals surface area contributed by atoms with Crippen molar-refractivity contribution in [1.29, 1.82) is 0 Å². The van der Waals surface area contributed by atoms with Gasteiger partial charge in [-0.25, -0.2) is 5.14 Å². The average molecular weight is 214 g/mol. The van der Waals surface area contributed by atoms with Crippen LogP contribution in [-0.4, -0.2) is 8.42 Å². The van der Waals surface area contributed by atoms with Crippen molar-refractivity contribution in [2.45, 2.75) is 19.9 Å². The first-order chi connectivity index (χ1) is 6.38. The summed E-state index contributed by atoms with van der Waals surface area (Å²) < 4.78 is 23.8. The second-order valence-corrected chi connectivity index (χ2v) is 4.62. The minimum atomic E-state index is -3.63. The van der Waals surface area contributed by atoms with Crippen molar-refractivity contribution in [3.05, 3.63) is 35.4 Å². The van der Waals surface area contributed by atoms with Gasteiger partial charge in [-0.3, -0.25) is 0 Å². The van der Waals surface area contributed by atoms with Crippen molar-refractivity contribution >= 4 is 10.2 Å². The number of hydrogen-bond donors (Lipinski definition) is 2. The molecule has 0 aliphatic heterocycles. The van der Waals surface area contributed by atoms with Gasteiger partial charge in [-0.2, -0.15) is 13.1 Å². The van der Waals surface area contributed by atoms with E-state index < -0.39 is 10.2 Å². The van der Waals surface area contributed by atoms with Gasteiger partial charge in [-0.05, 0) is 19.4 Å². The minimum Gasteiger partial charge on any atom is -0.216 e. The molecular weight excluding hydrogens is 200 g/mol. The maximum absolute atomic E-state index is 10.7. The summed E-state index contributed by atoms with van der Waals surface area (Å²) >= 11 is 0. The van der Waals surface area contributed by atoms with Crippen LogP contribution in [0.5, 0.6) is 0 Å². The Morgan fingerprint density at radius 2 is 1.79 bits per heavy atom. The lowest BCUT2D eigenvalue weighted by Gasteiger charge is -2.12. The summed E-state index contributed by atoms with van der Waals surface area (Å²) in [5.74, 6) is 0. The smallest absolute Gasteiger partial charge is 0.216 e. The molecule has 0 aliphatic carbocycles. The van der Waals surface area contributed by atoms with Crippen molar-refractivity contribution in [2.75, 3.05) is 0 Å². The standard InChI is InChI=1S/C9H14N2O2S/c1-7-3-5-9(6-4-7)8(2)11-14(10,12)13/h3-6,8,11H,1-2H3,(H2,10,12,13)/t8-/m1/s1. The van der Waals surface area contributed by atoms with Crippen molar-refractivity contribution in [3.8, 4) is 0 Å². The zero-order chi connectivity index (χ0) is 10.8. The lowest BCUT2D eigenvalue weighted by molar-refractivity contribution is 0.568. The molecule has 3 N–H and O–H groups in total. The first-order valence-electron chi connectivity index (χ1n) is 4.25. The van der Waals surface area contributed by atoms with Crippen LogP contribution in [0.3, 0.4) is 0 Å². The van der Waals surface area contributed by atoms with Crippen LogP contribution in [0.2, 0.25) is 0 Å². The first kappa shape index (κ1) is 11.2. The highest BCUT2D eigenvalue weighted by molar-refractivity contribution is 7.87. The molecule has 1 rings (SSSR count). The van der Waals surface area contributed by atoms with E-state index in [1.807, 2.05) is 31.2 Å². The van der Waals surface area contributed by atoms with E-state index in [0.717, 1.165) is 11.1 Å². The molecule has 0 bridgehead atoms. The molecule has 1 aromatic carbocycles. The summed E-state index contributed by atoms with van der Waals surface area (Å²) in [5, 5.41) is 4.86. The Morgan fingerprint density at radius 1 is 1.29 bits per heavy atom. The van der Waals surface area contributed by atoms with Crippen LogP contribution in [0.25, 0.3) is 0 Å². The van der Waals surface area contributed by atoms with Crippen LogP contribution in [0.1, 0.15) is 24.1 Å². The van der Waals surface area contributed by atoms with Gasteiger partial charge in [0.05, 0.1) is 0 Å². The highest BCUT2D eigenvalue weighted by Gasteiger charge is 2.10. The fourth-order valence-electron chi connectivity index (χ4n) is 1.17. The number of hydrogen-bond acceptors (Lipinski definition) is 2. The summed E-state index contributed by atoms with van der Waals surface area (Å²) in [7, 11) is -3.63. The van der Waals surface area contributed by atoms with Crippen LogP contribution >= 0.6 is 0 Å². The van der Waals surface area contributed by atoms with Crippen molar-refractivity contribution < 1.29 is 8.42 Å². The molecule has 0 amide bonds. The third-order valence-electron chi connectivity index (χ3n) is 1.92. The maximum atomic E-state index is 10.7. The van der Waals surface area contributed by atoms with Crippen molar-refractivity contribution in [3.63, 3.8) is 0 Å². The zero-order valence-corrected chi connectivity index (χ0v) is 9.01. The van der Waals surface area contributed by atoms with Crippen LogP contribution < -0.4 is 9.86 Å². The first-order valence-corrected chi connectivity index (χ1v) is 5.80. The Hall–Kier alpha value is -0.910. The zero-order valence-electron chi connectivity index (χ0n) is 8.19. The van der Waals surface area contributed by atoms with Gasteiger partial charge in [-0.1, -0.05) is 29.8 Å². The fraction of sp³-hybridized carbons (Fsp3) is 0.333. The molecule has 5 heteroatoms. The molecule has 0 aliphatic rings. The van der Waals surface area contributed by atoms with E-state index in [2.05, 4.69) is 4.72 Å². The molecule has 78 valence electrons. The third kappa shape index (κ3) is 3.45. The van der Waals surface area contributed by atoms with E-state index in [-0.39, 0.29) is 6.04 Å². The minimum absolute atomic E-state index is 0.300. The van der Waals surface area contributed by atoms with Crippen molar-refractivity contribution in [1.82, 2.24) is 4.72 Å². The molecule has 14 heavy (non-hydrogen) atoms. The molecule has 0 fully saturated rings. The molecule has 0 radical (unpaired) electrons. The summed E-state index contributed by atoms with van der Waals surface area (Å²) in [4.78, 5) is 0. The predicted molar refractivity (Wildman–Crippen MR) is 55.8 cm³/mol. The molecule has 0 saturated carbocycles. The number of rotatable bonds is 3. The van der Waals surface area contributed by atoms with Crippen LogP contribution in [-0.2, 0) is 10.2 Å². The van der Waals surface area contributed by atoms with Gasteiger partial charge >= 0.3 is 0 Å². The summed E-state index contributed by atoms with van der Waals surface area (Å²) in [6.45, 7) is 3.72. The van der Waals surface area contributed by atoms with Crippen LogP contribution in [0.4, 0.5) is 0 Å². The van der Waals surface area contributed by atoms with E-state index in [1.54, 1.807) is 6.92 Å². The maximum Gasteiger partial charge on any atom is 0.274 e. The largest absolute Gasteiger partial charge is 0.274 e. The second-order valence-electron chi connectivity index (χ2n) is 3.30. The highest BCUT2D eigenvalue weighted by Crippen LogP contribution is 2.13. The molecule has 0 aromatic heterocycles. The molecule has 4 nitrogen and oxygen atoms in total. The van der Waals surface area contributed by atoms with Gasteiger partial charge in [0.1, 0.15) is 0 Å². The molecule has 1 atom stereocenters. The molecule has 0 spiro atoms. The summed E-state index contributed by atoms with van der Waals surface area (Å²) in [5.41, 5.74) is 2.03. The van der Waals surface area contributed by atoms with Crippen molar-refractivity contribution in [2.24, 2.45) is 5.14 Å². The predicted octanol–water partition coefficient (Wildman–Crippen LogP) is 0.849. The number of benzene rings is 1. The SMILES string of the molecule is Cc1ccc([C@@H](C)NS(N)(=O)=O)cc1. The van der Waals surface area contributed by atoms with Gasteiger partial charge in [0, 0.05) is 6.04 Å². The highest BCUT2D eigenvalue weighted by atomic mass is 32.2. The molecule has 1 aromatic rings. The second kappa shape index (κ2) is 4.08. The summed E-state index contributed by atoms with van der Waals surface area (Å²) in [6.07, 6.45) is 0. The topological polar surface area (TPSA) is 72.2 Å². The summed E-state index contributed by atoms with van der Waals surface area (Å²) in [6, 6.07) is 7.30. The lowest BCUT2D eigenvalue weighted by Crippen LogP contribution is -2.32. The fourth-order valence-corrected chi connectivity index (χ4v) is 1.80. The number of aryl methyl sites for hydroxylation is 1. The number of nitrogens with two attached hydrogens (primary N) is 1. The van der Waals surface area contributed by atoms with E-state index in [1.165, 1.54) is 0 Å². The van der Waals surface area contributed by atoms with Gasteiger partial charge in [-0.15, -0.1) is 0 Å². The van der Waals surface area contributed by atoms with Crippen LogP contribution in [0, 0.1) is 6.92 Å². The molecule has 0 heterocycles. The lowest BCUT2D eigenvalue weighted by atomic mass is 10.1. The monoisotopic (exact) mass is 214 g/mol.